The van der Waals surface area contributed by atoms with Crippen molar-refractivity contribution in [3.8, 4) is 11.5 Å². The third-order valence-electron chi connectivity index (χ3n) is 4.76. The van der Waals surface area contributed by atoms with Gasteiger partial charge in [0.05, 0.1) is 13.2 Å². The Morgan fingerprint density at radius 1 is 1.09 bits per heavy atom. The average molecular weight is 441 g/mol. The monoisotopic (exact) mass is 441 g/mol. The second-order valence-corrected chi connectivity index (χ2v) is 7.00. The summed E-state index contributed by atoms with van der Waals surface area (Å²) in [6, 6.07) is 7.24. The van der Waals surface area contributed by atoms with Gasteiger partial charge in [-0.1, -0.05) is 0 Å². The van der Waals surface area contributed by atoms with Gasteiger partial charge < -0.3 is 19.5 Å². The van der Waals surface area contributed by atoms with E-state index in [1.54, 1.807) is 16.6 Å². The number of nitrogens with one attached hydrogen (secondary N) is 1. The molecule has 1 amide bonds. The van der Waals surface area contributed by atoms with Gasteiger partial charge in [0.15, 0.2) is 6.61 Å². The Morgan fingerprint density at radius 3 is 2.53 bits per heavy atom. The molecule has 3 aromatic rings. The highest BCUT2D eigenvalue weighted by atomic mass is 16.5. The lowest BCUT2D eigenvalue weighted by Gasteiger charge is -2.11. The minimum Gasteiger partial charge on any atom is -0.494 e. The van der Waals surface area contributed by atoms with Crippen molar-refractivity contribution in [3.63, 3.8) is 0 Å². The van der Waals surface area contributed by atoms with Gasteiger partial charge in [-0.25, -0.2) is 9.50 Å². The van der Waals surface area contributed by atoms with Gasteiger partial charge in [-0.2, -0.15) is 10.1 Å². The van der Waals surface area contributed by atoms with Crippen LogP contribution in [0, 0.1) is 13.8 Å². The normalized spacial score (nSPS) is 10.7. The molecule has 1 N–H and O–H groups in total. The first-order chi connectivity index (χ1) is 15.5. The Kier molecular flexibility index (Phi) is 7.96. The summed E-state index contributed by atoms with van der Waals surface area (Å²) in [5, 5.41) is 6.79. The first-order valence-electron chi connectivity index (χ1n) is 10.4. The van der Waals surface area contributed by atoms with Crippen LogP contribution in [0.25, 0.3) is 5.78 Å². The Labute approximate surface area is 185 Å². The minimum atomic E-state index is -0.455. The summed E-state index contributed by atoms with van der Waals surface area (Å²) in [7, 11) is 0. The van der Waals surface area contributed by atoms with Gasteiger partial charge in [0.2, 0.25) is 0 Å². The molecule has 0 radical (unpaired) electrons. The SMILES string of the molecule is CCOc1ccc(OCCNC(=O)COC(=O)CCc2c(C)nc3ncnn3c2C)cc1. The van der Waals surface area contributed by atoms with Crippen molar-refractivity contribution in [3.05, 3.63) is 47.5 Å². The molecule has 0 unspecified atom stereocenters. The van der Waals surface area contributed by atoms with Crippen molar-refractivity contribution in [2.45, 2.75) is 33.6 Å². The zero-order valence-corrected chi connectivity index (χ0v) is 18.5. The molecule has 1 aromatic carbocycles. The van der Waals surface area contributed by atoms with Crippen molar-refractivity contribution in [1.82, 2.24) is 24.9 Å². The largest absolute Gasteiger partial charge is 0.494 e. The maximum absolute atomic E-state index is 12.1. The third kappa shape index (κ3) is 6.16. The summed E-state index contributed by atoms with van der Waals surface area (Å²) >= 11 is 0. The zero-order chi connectivity index (χ0) is 22.9. The molecule has 170 valence electrons. The average Bonchev–Trinajstić information content (AvgIpc) is 3.25. The van der Waals surface area contributed by atoms with Crippen LogP contribution in [0.4, 0.5) is 0 Å². The fourth-order valence-corrected chi connectivity index (χ4v) is 3.17. The zero-order valence-electron chi connectivity index (χ0n) is 18.5. The summed E-state index contributed by atoms with van der Waals surface area (Å²) in [5.41, 5.74) is 2.58. The summed E-state index contributed by atoms with van der Waals surface area (Å²) in [6.45, 7) is 6.55. The molecular formula is C22H27N5O5. The van der Waals surface area contributed by atoms with E-state index in [0.29, 0.717) is 37.7 Å². The molecule has 32 heavy (non-hydrogen) atoms. The number of amides is 1. The van der Waals surface area contributed by atoms with E-state index in [9.17, 15) is 9.59 Å². The molecule has 0 aliphatic rings. The number of aryl methyl sites for hydroxylation is 2. The van der Waals surface area contributed by atoms with Crippen molar-refractivity contribution in [2.75, 3.05) is 26.4 Å². The Morgan fingerprint density at radius 2 is 1.81 bits per heavy atom. The summed E-state index contributed by atoms with van der Waals surface area (Å²) in [6.07, 6.45) is 2.02. The Balaban J connectivity index is 1.34. The lowest BCUT2D eigenvalue weighted by molar-refractivity contribution is -0.148. The van der Waals surface area contributed by atoms with Gasteiger partial charge >= 0.3 is 5.97 Å². The fourth-order valence-electron chi connectivity index (χ4n) is 3.17. The van der Waals surface area contributed by atoms with Crippen molar-refractivity contribution in [2.24, 2.45) is 0 Å². The second-order valence-electron chi connectivity index (χ2n) is 7.00. The highest BCUT2D eigenvalue weighted by Crippen LogP contribution is 2.17. The summed E-state index contributed by atoms with van der Waals surface area (Å²) in [5.74, 6) is 1.14. The number of carbonyl (C=O) groups excluding carboxylic acids is 2. The van der Waals surface area contributed by atoms with E-state index >= 15 is 0 Å². The highest BCUT2D eigenvalue weighted by molar-refractivity contribution is 5.80. The standard InChI is InChI=1S/C22H27N5O5/c1-4-30-17-5-7-18(8-6-17)31-12-11-23-20(28)13-32-21(29)10-9-19-15(2)26-22-24-14-25-27(22)16(19)3/h5-8,14H,4,9-13H2,1-3H3,(H,23,28). The molecule has 10 heteroatoms. The Bertz CT molecular complexity index is 1060. The van der Waals surface area contributed by atoms with Gasteiger partial charge in [0, 0.05) is 17.8 Å². The number of rotatable bonds is 11. The van der Waals surface area contributed by atoms with E-state index in [0.717, 1.165) is 22.7 Å². The Hall–Kier alpha value is -3.69. The quantitative estimate of drug-likeness (QED) is 0.354. The summed E-state index contributed by atoms with van der Waals surface area (Å²) < 4.78 is 17.6. The lowest BCUT2D eigenvalue weighted by Crippen LogP contribution is -2.32. The van der Waals surface area contributed by atoms with Crippen LogP contribution < -0.4 is 14.8 Å². The van der Waals surface area contributed by atoms with Crippen LogP contribution >= 0.6 is 0 Å². The molecule has 0 saturated carbocycles. The molecule has 0 spiro atoms. The predicted molar refractivity (Wildman–Crippen MR) is 116 cm³/mol. The molecule has 3 rings (SSSR count). The van der Waals surface area contributed by atoms with Crippen molar-refractivity contribution < 1.29 is 23.8 Å². The number of hydrogen-bond donors (Lipinski definition) is 1. The molecule has 0 saturated heterocycles. The molecule has 10 nitrogen and oxygen atoms in total. The maximum atomic E-state index is 12.1. The maximum Gasteiger partial charge on any atom is 0.306 e. The van der Waals surface area contributed by atoms with Crippen LogP contribution in [0.5, 0.6) is 11.5 Å². The molecule has 0 fully saturated rings. The molecule has 0 bridgehead atoms. The molecule has 0 aliphatic carbocycles. The first-order valence-corrected chi connectivity index (χ1v) is 10.4. The number of ether oxygens (including phenoxy) is 3. The van der Waals surface area contributed by atoms with E-state index < -0.39 is 5.97 Å². The number of esters is 1. The molecule has 2 heterocycles. The van der Waals surface area contributed by atoms with E-state index in [-0.39, 0.29) is 18.9 Å². The van der Waals surface area contributed by atoms with Gasteiger partial charge in [-0.3, -0.25) is 9.59 Å². The minimum absolute atomic E-state index is 0.137. The van der Waals surface area contributed by atoms with Gasteiger partial charge in [0.25, 0.3) is 11.7 Å². The van der Waals surface area contributed by atoms with E-state index in [1.165, 1.54) is 6.33 Å². The van der Waals surface area contributed by atoms with Gasteiger partial charge in [0.1, 0.15) is 24.4 Å². The van der Waals surface area contributed by atoms with Gasteiger partial charge in [-0.05, 0) is 57.0 Å². The highest BCUT2D eigenvalue weighted by Gasteiger charge is 2.14. The van der Waals surface area contributed by atoms with Crippen LogP contribution in [0.2, 0.25) is 0 Å². The van der Waals surface area contributed by atoms with Crippen molar-refractivity contribution >= 4 is 17.7 Å². The van der Waals surface area contributed by atoms with Crippen LogP contribution in [0.1, 0.15) is 30.3 Å². The van der Waals surface area contributed by atoms with E-state index in [2.05, 4.69) is 20.4 Å². The van der Waals surface area contributed by atoms with Crippen LogP contribution in [0.3, 0.4) is 0 Å². The van der Waals surface area contributed by atoms with Crippen molar-refractivity contribution in [1.29, 1.82) is 0 Å². The van der Waals surface area contributed by atoms with Crippen LogP contribution in [-0.2, 0) is 20.7 Å². The van der Waals surface area contributed by atoms with E-state index in [4.69, 9.17) is 14.2 Å². The molecule has 2 aromatic heterocycles. The number of carbonyl (C=O) groups is 2. The number of fused-ring (bicyclic) bond motifs is 1. The van der Waals surface area contributed by atoms with Crippen LogP contribution in [0.15, 0.2) is 30.6 Å². The number of hydrogen-bond acceptors (Lipinski definition) is 8. The molecular weight excluding hydrogens is 414 g/mol. The lowest BCUT2D eigenvalue weighted by atomic mass is 10.1. The number of benzene rings is 1. The first kappa shape index (κ1) is 23.0. The third-order valence-corrected chi connectivity index (χ3v) is 4.76. The van der Waals surface area contributed by atoms with E-state index in [1.807, 2.05) is 32.9 Å². The van der Waals surface area contributed by atoms with Crippen LogP contribution in [-0.4, -0.2) is 57.8 Å². The second kappa shape index (κ2) is 11.1. The topological polar surface area (TPSA) is 117 Å². The molecule has 0 atom stereocenters. The van der Waals surface area contributed by atoms with Gasteiger partial charge in [-0.15, -0.1) is 0 Å². The predicted octanol–water partition coefficient (Wildman–Crippen LogP) is 1.81. The number of aromatic nitrogens is 4. The smallest absolute Gasteiger partial charge is 0.306 e. The molecule has 0 aliphatic heterocycles. The number of nitrogens with zero attached hydrogens (tertiary/aromatic N) is 4. The summed E-state index contributed by atoms with van der Waals surface area (Å²) in [4.78, 5) is 32.4. The fraction of sp³-hybridized carbons (Fsp3) is 0.409.